The molecule has 0 aliphatic carbocycles. The normalized spacial score (nSPS) is 20.2. The van der Waals surface area contributed by atoms with Crippen molar-refractivity contribution in [2.75, 3.05) is 18.1 Å². The van der Waals surface area contributed by atoms with Gasteiger partial charge in [0, 0.05) is 4.47 Å². The summed E-state index contributed by atoms with van der Waals surface area (Å²) in [5.74, 6) is -0.188. The second-order valence-corrected chi connectivity index (χ2v) is 4.73. The summed E-state index contributed by atoms with van der Waals surface area (Å²) < 4.78 is 5.88. The molecule has 0 saturated carbocycles. The van der Waals surface area contributed by atoms with Crippen LogP contribution < -0.4 is 4.90 Å². The first-order chi connectivity index (χ1) is 8.13. The average Bonchev–Trinajstić information content (AvgIpc) is 2.30. The van der Waals surface area contributed by atoms with Gasteiger partial charge in [-0.2, -0.15) is 5.26 Å². The number of rotatable bonds is 1. The Hall–Kier alpha value is -1.38. The minimum atomic E-state index is -0.560. The first-order valence-electron chi connectivity index (χ1n) is 5.19. The smallest absolute Gasteiger partial charge is 0.254 e. The number of ether oxygens (including phenoxy) is 1. The van der Waals surface area contributed by atoms with Gasteiger partial charge < -0.3 is 4.74 Å². The number of nitrogens with zero attached hydrogens (tertiary/aromatic N) is 2. The van der Waals surface area contributed by atoms with Crippen molar-refractivity contribution in [3.8, 4) is 6.07 Å². The van der Waals surface area contributed by atoms with Crippen molar-refractivity contribution < 1.29 is 9.53 Å². The summed E-state index contributed by atoms with van der Waals surface area (Å²) in [4.78, 5) is 13.3. The van der Waals surface area contributed by atoms with E-state index in [2.05, 4.69) is 22.0 Å². The van der Waals surface area contributed by atoms with Gasteiger partial charge in [-0.15, -0.1) is 0 Å². The van der Waals surface area contributed by atoms with Crippen molar-refractivity contribution in [2.45, 2.75) is 13.0 Å². The van der Waals surface area contributed by atoms with Gasteiger partial charge in [0.25, 0.3) is 5.91 Å². The largest absolute Gasteiger partial charge is 0.368 e. The number of aryl methyl sites for hydroxylation is 1. The van der Waals surface area contributed by atoms with Crippen molar-refractivity contribution in [2.24, 2.45) is 0 Å². The first kappa shape index (κ1) is 12.1. The maximum Gasteiger partial charge on any atom is 0.254 e. The van der Waals surface area contributed by atoms with E-state index in [0.717, 1.165) is 15.7 Å². The number of nitriles is 1. The van der Waals surface area contributed by atoms with Crippen molar-refractivity contribution in [1.82, 2.24) is 0 Å². The molecule has 0 spiro atoms. The number of amides is 1. The Bertz CT molecular complexity index is 496. The molecule has 1 unspecified atom stereocenters. The van der Waals surface area contributed by atoms with Gasteiger partial charge in [0.2, 0.25) is 0 Å². The quantitative estimate of drug-likeness (QED) is 0.796. The number of anilines is 1. The minimum Gasteiger partial charge on any atom is -0.368 e. The molecular weight excluding hydrogens is 284 g/mol. The summed E-state index contributed by atoms with van der Waals surface area (Å²) >= 11 is 3.42. The van der Waals surface area contributed by atoms with Gasteiger partial charge in [0.1, 0.15) is 12.6 Å². The lowest BCUT2D eigenvalue weighted by Gasteiger charge is -2.32. The highest BCUT2D eigenvalue weighted by atomic mass is 79.9. The fourth-order valence-corrected chi connectivity index (χ4v) is 2.46. The minimum absolute atomic E-state index is 0.0263. The number of carbonyl (C=O) groups is 1. The summed E-state index contributed by atoms with van der Waals surface area (Å²) in [7, 11) is 0. The fourth-order valence-electron chi connectivity index (χ4n) is 1.78. The van der Waals surface area contributed by atoms with Gasteiger partial charge in [0.05, 0.1) is 18.4 Å². The van der Waals surface area contributed by atoms with Gasteiger partial charge >= 0.3 is 0 Å². The molecule has 0 bridgehead atoms. The highest BCUT2D eigenvalue weighted by Crippen LogP contribution is 2.30. The molecule has 88 valence electrons. The Morgan fingerprint density at radius 1 is 1.59 bits per heavy atom. The van der Waals surface area contributed by atoms with Crippen LogP contribution in [0.25, 0.3) is 0 Å². The zero-order chi connectivity index (χ0) is 12.4. The monoisotopic (exact) mass is 294 g/mol. The summed E-state index contributed by atoms with van der Waals surface area (Å²) in [6.45, 7) is 2.25. The zero-order valence-corrected chi connectivity index (χ0v) is 10.9. The Morgan fingerprint density at radius 3 is 3.00 bits per heavy atom. The van der Waals surface area contributed by atoms with Gasteiger partial charge in [-0.3, -0.25) is 9.69 Å². The third-order valence-electron chi connectivity index (χ3n) is 2.59. The molecule has 1 atom stereocenters. The number of halogens is 1. The third kappa shape index (κ3) is 2.33. The molecule has 1 aliphatic rings. The highest BCUT2D eigenvalue weighted by molar-refractivity contribution is 9.10. The van der Waals surface area contributed by atoms with Crippen LogP contribution in [0.5, 0.6) is 0 Å². The van der Waals surface area contributed by atoms with E-state index in [9.17, 15) is 4.79 Å². The molecule has 1 aromatic rings. The van der Waals surface area contributed by atoms with Crippen molar-refractivity contribution in [3.05, 3.63) is 28.2 Å². The maximum absolute atomic E-state index is 11.8. The molecule has 0 N–H and O–H groups in total. The second kappa shape index (κ2) is 4.86. The summed E-state index contributed by atoms with van der Waals surface area (Å²) in [5.41, 5.74) is 1.81. The van der Waals surface area contributed by atoms with Gasteiger partial charge in [-0.25, -0.2) is 0 Å². The molecule has 0 radical (unpaired) electrons. The molecular formula is C12H11BrN2O2. The van der Waals surface area contributed by atoms with Crippen LogP contribution in [0.3, 0.4) is 0 Å². The van der Waals surface area contributed by atoms with E-state index < -0.39 is 6.04 Å². The van der Waals surface area contributed by atoms with E-state index in [1.165, 1.54) is 4.90 Å². The van der Waals surface area contributed by atoms with Gasteiger partial charge in [-0.1, -0.05) is 6.07 Å². The first-order valence-corrected chi connectivity index (χ1v) is 5.98. The maximum atomic E-state index is 11.8. The highest BCUT2D eigenvalue weighted by Gasteiger charge is 2.31. The van der Waals surface area contributed by atoms with Crippen LogP contribution in [0, 0.1) is 18.3 Å². The van der Waals surface area contributed by atoms with E-state index in [-0.39, 0.29) is 19.1 Å². The average molecular weight is 295 g/mol. The van der Waals surface area contributed by atoms with Crippen LogP contribution in [0.2, 0.25) is 0 Å². The molecule has 5 heteroatoms. The van der Waals surface area contributed by atoms with E-state index >= 15 is 0 Å². The van der Waals surface area contributed by atoms with E-state index in [1.807, 2.05) is 25.1 Å². The lowest BCUT2D eigenvalue weighted by Crippen LogP contribution is -2.49. The number of hydrogen-bond acceptors (Lipinski definition) is 3. The van der Waals surface area contributed by atoms with Crippen molar-refractivity contribution in [3.63, 3.8) is 0 Å². The summed E-state index contributed by atoms with van der Waals surface area (Å²) in [6.07, 6.45) is 0. The van der Waals surface area contributed by atoms with E-state index in [4.69, 9.17) is 10.00 Å². The standard InChI is InChI=1S/C12H11BrN2O2/c1-8-2-3-11(10(13)4-8)15-9(5-14)6-17-7-12(15)16/h2-4,9H,6-7H2,1H3. The molecule has 1 amide bonds. The van der Waals surface area contributed by atoms with Crippen LogP contribution in [0.15, 0.2) is 22.7 Å². The molecule has 1 aromatic carbocycles. The van der Waals surface area contributed by atoms with Crippen LogP contribution >= 0.6 is 15.9 Å². The number of hydrogen-bond donors (Lipinski definition) is 0. The Kier molecular flexibility index (Phi) is 3.46. The molecule has 1 saturated heterocycles. The lowest BCUT2D eigenvalue weighted by atomic mass is 10.1. The summed E-state index contributed by atoms with van der Waals surface area (Å²) in [6, 6.07) is 7.20. The molecule has 0 aromatic heterocycles. The van der Waals surface area contributed by atoms with Crippen LogP contribution in [-0.4, -0.2) is 25.2 Å². The predicted molar refractivity (Wildman–Crippen MR) is 66.6 cm³/mol. The SMILES string of the molecule is Cc1ccc(N2C(=O)COCC2C#N)c(Br)c1. The van der Waals surface area contributed by atoms with E-state index in [0.29, 0.717) is 0 Å². The Labute approximate surface area is 108 Å². The van der Waals surface area contributed by atoms with Crippen molar-refractivity contribution >= 4 is 27.5 Å². The van der Waals surface area contributed by atoms with Crippen LogP contribution in [0.1, 0.15) is 5.56 Å². The predicted octanol–water partition coefficient (Wildman–Crippen LogP) is 2.01. The van der Waals surface area contributed by atoms with Crippen LogP contribution in [0.4, 0.5) is 5.69 Å². The fraction of sp³-hybridized carbons (Fsp3) is 0.333. The molecule has 4 nitrogen and oxygen atoms in total. The molecule has 1 heterocycles. The topological polar surface area (TPSA) is 53.3 Å². The van der Waals surface area contributed by atoms with Crippen molar-refractivity contribution in [1.29, 1.82) is 5.26 Å². The lowest BCUT2D eigenvalue weighted by molar-refractivity contribution is -0.126. The molecule has 1 aliphatic heterocycles. The Balaban J connectivity index is 2.42. The zero-order valence-electron chi connectivity index (χ0n) is 9.31. The number of morpholine rings is 1. The molecule has 17 heavy (non-hydrogen) atoms. The van der Waals surface area contributed by atoms with Crippen LogP contribution in [-0.2, 0) is 9.53 Å². The molecule has 2 rings (SSSR count). The number of benzene rings is 1. The second-order valence-electron chi connectivity index (χ2n) is 3.88. The third-order valence-corrected chi connectivity index (χ3v) is 3.23. The summed E-state index contributed by atoms with van der Waals surface area (Å²) in [5, 5.41) is 9.05. The molecule has 1 fully saturated rings. The number of carbonyl (C=O) groups excluding carboxylic acids is 1. The van der Waals surface area contributed by atoms with Gasteiger partial charge in [0.15, 0.2) is 0 Å². The van der Waals surface area contributed by atoms with E-state index in [1.54, 1.807) is 0 Å². The Morgan fingerprint density at radius 2 is 2.35 bits per heavy atom. The van der Waals surface area contributed by atoms with Gasteiger partial charge in [-0.05, 0) is 40.5 Å².